The van der Waals surface area contributed by atoms with Crippen LogP contribution in [0.5, 0.6) is 5.75 Å². The second-order valence-electron chi connectivity index (χ2n) is 3.66. The lowest BCUT2D eigenvalue weighted by Crippen LogP contribution is -2.29. The molecular weight excluding hydrogens is 190 g/mol. The van der Waals surface area contributed by atoms with Gasteiger partial charge in [0.25, 0.3) is 0 Å². The first-order chi connectivity index (χ1) is 7.15. The Hall–Kier alpha value is -1.35. The highest BCUT2D eigenvalue weighted by atomic mass is 16.5. The van der Waals surface area contributed by atoms with Crippen molar-refractivity contribution in [1.82, 2.24) is 5.32 Å². The molecule has 1 aromatic carbocycles. The topological polar surface area (TPSA) is 38.3 Å². The van der Waals surface area contributed by atoms with Crippen LogP contribution in [-0.4, -0.2) is 25.5 Å². The summed E-state index contributed by atoms with van der Waals surface area (Å²) in [5, 5.41) is 3.09. The maximum Gasteiger partial charge on any atom is 0.180 e. The van der Waals surface area contributed by atoms with Crippen LogP contribution in [-0.2, 0) is 0 Å². The molecule has 0 aliphatic carbocycles. The molecule has 15 heavy (non-hydrogen) atoms. The van der Waals surface area contributed by atoms with E-state index in [0.29, 0.717) is 23.9 Å². The van der Waals surface area contributed by atoms with Crippen LogP contribution in [0.1, 0.15) is 24.2 Å². The fourth-order valence-corrected chi connectivity index (χ4v) is 1.27. The van der Waals surface area contributed by atoms with Gasteiger partial charge in [0.15, 0.2) is 5.78 Å². The number of benzene rings is 1. The van der Waals surface area contributed by atoms with Gasteiger partial charge in [-0.25, -0.2) is 0 Å². The van der Waals surface area contributed by atoms with E-state index in [-0.39, 0.29) is 5.78 Å². The number of hydrogen-bond donors (Lipinski definition) is 1. The molecule has 82 valence electrons. The van der Waals surface area contributed by atoms with Gasteiger partial charge in [0, 0.05) is 6.04 Å². The molecule has 0 amide bonds. The Morgan fingerprint density at radius 3 is 2.67 bits per heavy atom. The van der Waals surface area contributed by atoms with Crippen LogP contribution in [0.25, 0.3) is 0 Å². The van der Waals surface area contributed by atoms with Gasteiger partial charge in [0.1, 0.15) is 5.75 Å². The second-order valence-corrected chi connectivity index (χ2v) is 3.66. The number of carbonyl (C=O) groups excluding carboxylic acids is 1. The first kappa shape index (κ1) is 11.7. The molecule has 0 aliphatic heterocycles. The third-order valence-corrected chi connectivity index (χ3v) is 2.08. The summed E-state index contributed by atoms with van der Waals surface area (Å²) < 4.78 is 5.12. The number of nitrogens with one attached hydrogen (secondary N) is 1. The summed E-state index contributed by atoms with van der Waals surface area (Å²) in [6.45, 7) is 4.36. The van der Waals surface area contributed by atoms with E-state index >= 15 is 0 Å². The Morgan fingerprint density at radius 1 is 1.40 bits per heavy atom. The van der Waals surface area contributed by atoms with Crippen molar-refractivity contribution in [3.05, 3.63) is 29.8 Å². The van der Waals surface area contributed by atoms with E-state index in [4.69, 9.17) is 4.74 Å². The molecular formula is C12H17NO2. The highest BCUT2D eigenvalue weighted by Gasteiger charge is 2.10. The first-order valence-corrected chi connectivity index (χ1v) is 5.04. The molecule has 0 heterocycles. The fourth-order valence-electron chi connectivity index (χ4n) is 1.27. The Balaban J connectivity index is 2.72. The van der Waals surface area contributed by atoms with E-state index < -0.39 is 0 Å². The first-order valence-electron chi connectivity index (χ1n) is 5.04. The SMILES string of the molecule is COc1ccccc1C(=O)CNC(C)C. The molecule has 0 atom stereocenters. The number of carbonyl (C=O) groups is 1. The van der Waals surface area contributed by atoms with Gasteiger partial charge in [-0.15, -0.1) is 0 Å². The summed E-state index contributed by atoms with van der Waals surface area (Å²) in [7, 11) is 1.57. The molecule has 3 nitrogen and oxygen atoms in total. The summed E-state index contributed by atoms with van der Waals surface area (Å²) in [5.74, 6) is 0.689. The maximum absolute atomic E-state index is 11.8. The summed E-state index contributed by atoms with van der Waals surface area (Å²) >= 11 is 0. The number of ketones is 1. The lowest BCUT2D eigenvalue weighted by atomic mass is 10.1. The van der Waals surface area contributed by atoms with Crippen molar-refractivity contribution in [3.8, 4) is 5.75 Å². The third kappa shape index (κ3) is 3.36. The summed E-state index contributed by atoms with van der Waals surface area (Å²) in [5.41, 5.74) is 0.633. The quantitative estimate of drug-likeness (QED) is 0.749. The molecule has 0 aromatic heterocycles. The number of rotatable bonds is 5. The fraction of sp³-hybridized carbons (Fsp3) is 0.417. The molecule has 0 saturated carbocycles. The Kier molecular flexibility index (Phi) is 4.31. The van der Waals surface area contributed by atoms with Gasteiger partial charge in [-0.05, 0) is 12.1 Å². The predicted octanol–water partition coefficient (Wildman–Crippen LogP) is 1.88. The maximum atomic E-state index is 11.8. The number of methoxy groups -OCH3 is 1. The number of para-hydroxylation sites is 1. The standard InChI is InChI=1S/C12H17NO2/c1-9(2)13-8-11(14)10-6-4-5-7-12(10)15-3/h4-7,9,13H,8H2,1-3H3. The zero-order chi connectivity index (χ0) is 11.3. The number of Topliss-reactive ketones (excluding diaryl/α,β-unsaturated/α-hetero) is 1. The molecule has 0 fully saturated rings. The van der Waals surface area contributed by atoms with Crippen molar-refractivity contribution in [1.29, 1.82) is 0 Å². The van der Waals surface area contributed by atoms with Gasteiger partial charge in [0.2, 0.25) is 0 Å². The Labute approximate surface area is 90.4 Å². The molecule has 0 spiro atoms. The summed E-state index contributed by atoms with van der Waals surface area (Å²) in [6, 6.07) is 7.58. The molecule has 3 heteroatoms. The lowest BCUT2D eigenvalue weighted by Gasteiger charge is -2.09. The lowest BCUT2D eigenvalue weighted by molar-refractivity contribution is 0.0985. The van der Waals surface area contributed by atoms with Crippen molar-refractivity contribution >= 4 is 5.78 Å². The second kappa shape index (κ2) is 5.51. The normalized spacial score (nSPS) is 10.4. The largest absolute Gasteiger partial charge is 0.496 e. The molecule has 0 bridgehead atoms. The zero-order valence-electron chi connectivity index (χ0n) is 9.41. The average Bonchev–Trinajstić information content (AvgIpc) is 2.25. The predicted molar refractivity (Wildman–Crippen MR) is 60.5 cm³/mol. The third-order valence-electron chi connectivity index (χ3n) is 2.08. The molecule has 0 unspecified atom stereocenters. The van der Waals surface area contributed by atoms with Gasteiger partial charge in [-0.3, -0.25) is 4.79 Å². The minimum Gasteiger partial charge on any atom is -0.496 e. The molecule has 1 N–H and O–H groups in total. The van der Waals surface area contributed by atoms with Crippen LogP contribution >= 0.6 is 0 Å². The van der Waals surface area contributed by atoms with E-state index in [2.05, 4.69) is 5.32 Å². The Morgan fingerprint density at radius 2 is 2.07 bits per heavy atom. The van der Waals surface area contributed by atoms with Crippen LogP contribution in [0.15, 0.2) is 24.3 Å². The van der Waals surface area contributed by atoms with Crippen LogP contribution < -0.4 is 10.1 Å². The number of hydrogen-bond acceptors (Lipinski definition) is 3. The van der Waals surface area contributed by atoms with Crippen LogP contribution in [0.3, 0.4) is 0 Å². The van der Waals surface area contributed by atoms with Crippen molar-refractivity contribution in [2.24, 2.45) is 0 Å². The van der Waals surface area contributed by atoms with E-state index in [0.717, 1.165) is 0 Å². The van der Waals surface area contributed by atoms with Crippen molar-refractivity contribution < 1.29 is 9.53 Å². The molecule has 0 aliphatic rings. The van der Waals surface area contributed by atoms with Gasteiger partial charge in [0.05, 0.1) is 19.2 Å². The minimum absolute atomic E-state index is 0.0566. The molecule has 0 saturated heterocycles. The minimum atomic E-state index is 0.0566. The van der Waals surface area contributed by atoms with Gasteiger partial charge in [-0.1, -0.05) is 26.0 Å². The van der Waals surface area contributed by atoms with E-state index in [9.17, 15) is 4.79 Å². The molecule has 1 aromatic rings. The highest BCUT2D eigenvalue weighted by Crippen LogP contribution is 2.17. The number of ether oxygens (including phenoxy) is 1. The highest BCUT2D eigenvalue weighted by molar-refractivity contribution is 6.00. The van der Waals surface area contributed by atoms with Crippen LogP contribution in [0.4, 0.5) is 0 Å². The van der Waals surface area contributed by atoms with Crippen LogP contribution in [0, 0.1) is 0 Å². The smallest absolute Gasteiger partial charge is 0.180 e. The average molecular weight is 207 g/mol. The van der Waals surface area contributed by atoms with E-state index in [1.165, 1.54) is 0 Å². The molecule has 0 radical (unpaired) electrons. The summed E-state index contributed by atoms with van der Waals surface area (Å²) in [6.07, 6.45) is 0. The van der Waals surface area contributed by atoms with Crippen molar-refractivity contribution in [3.63, 3.8) is 0 Å². The van der Waals surface area contributed by atoms with Gasteiger partial charge < -0.3 is 10.1 Å². The zero-order valence-corrected chi connectivity index (χ0v) is 9.41. The summed E-state index contributed by atoms with van der Waals surface area (Å²) in [4.78, 5) is 11.8. The van der Waals surface area contributed by atoms with E-state index in [1.807, 2.05) is 26.0 Å². The van der Waals surface area contributed by atoms with Crippen molar-refractivity contribution in [2.45, 2.75) is 19.9 Å². The van der Waals surface area contributed by atoms with E-state index in [1.54, 1.807) is 19.2 Å². The van der Waals surface area contributed by atoms with Crippen LogP contribution in [0.2, 0.25) is 0 Å². The monoisotopic (exact) mass is 207 g/mol. The Bertz CT molecular complexity index is 334. The van der Waals surface area contributed by atoms with Gasteiger partial charge >= 0.3 is 0 Å². The van der Waals surface area contributed by atoms with Gasteiger partial charge in [-0.2, -0.15) is 0 Å². The molecule has 1 rings (SSSR count). The van der Waals surface area contributed by atoms with Crippen molar-refractivity contribution in [2.75, 3.05) is 13.7 Å².